The molecule has 0 saturated carbocycles. The Hall–Kier alpha value is -0.810. The van der Waals surface area contributed by atoms with Crippen molar-refractivity contribution in [2.45, 2.75) is 46.0 Å². The first-order valence-corrected chi connectivity index (χ1v) is 5.33. The Morgan fingerprint density at radius 1 is 1.43 bits per heavy atom. The van der Waals surface area contributed by atoms with E-state index < -0.39 is 0 Å². The first-order chi connectivity index (χ1) is 6.66. The lowest BCUT2D eigenvalue weighted by Gasteiger charge is -2.28. The summed E-state index contributed by atoms with van der Waals surface area (Å²) < 4.78 is 0. The maximum Gasteiger partial charge on any atom is 0.140 e. The summed E-state index contributed by atoms with van der Waals surface area (Å²) in [6.45, 7) is 4.50. The molecule has 0 fully saturated rings. The van der Waals surface area contributed by atoms with Crippen molar-refractivity contribution in [1.82, 2.24) is 0 Å². The monoisotopic (exact) mass is 195 g/mol. The highest BCUT2D eigenvalue weighted by Crippen LogP contribution is 2.28. The van der Waals surface area contributed by atoms with Gasteiger partial charge in [-0.2, -0.15) is 0 Å². The van der Waals surface area contributed by atoms with Crippen molar-refractivity contribution in [3.8, 4) is 12.3 Å². The third kappa shape index (κ3) is 3.16. The van der Waals surface area contributed by atoms with Crippen molar-refractivity contribution in [3.63, 3.8) is 0 Å². The predicted molar refractivity (Wildman–Crippen MR) is 59.8 cm³/mol. The van der Waals surface area contributed by atoms with E-state index in [4.69, 9.17) is 12.2 Å². The number of Topliss-reactive ketones (excluding diaryl/α,β-unsaturated/α-hetero) is 1. The summed E-state index contributed by atoms with van der Waals surface area (Å²) >= 11 is 0. The van der Waals surface area contributed by atoms with E-state index in [1.807, 2.05) is 13.8 Å². The molecule has 0 heterocycles. The molecule has 2 N–H and O–H groups in total. The van der Waals surface area contributed by atoms with Gasteiger partial charge in [0.15, 0.2) is 0 Å². The van der Waals surface area contributed by atoms with Gasteiger partial charge in [-0.1, -0.05) is 13.8 Å². The molecule has 0 aliphatic heterocycles. The fraction of sp³-hybridized carbons (Fsp3) is 0.750. The average Bonchev–Trinajstić information content (AvgIpc) is 2.22. The van der Waals surface area contributed by atoms with Crippen LogP contribution in [0.15, 0.2) is 0 Å². The number of carbonyl (C=O) groups excluding carboxylic acids is 1. The van der Waals surface area contributed by atoms with Crippen LogP contribution in [0.3, 0.4) is 0 Å². The first-order valence-electron chi connectivity index (χ1n) is 5.33. The summed E-state index contributed by atoms with van der Waals surface area (Å²) in [5.74, 6) is 2.82. The summed E-state index contributed by atoms with van der Waals surface area (Å²) in [5, 5.41) is 0. The molecule has 0 bridgehead atoms. The molecule has 0 radical (unpaired) electrons. The van der Waals surface area contributed by atoms with Crippen molar-refractivity contribution in [3.05, 3.63) is 0 Å². The predicted octanol–water partition coefficient (Wildman–Crippen LogP) is 2.12. The van der Waals surface area contributed by atoms with E-state index in [2.05, 4.69) is 5.92 Å². The molecule has 0 aromatic carbocycles. The Balaban J connectivity index is 4.24. The number of rotatable bonds is 7. The van der Waals surface area contributed by atoms with Gasteiger partial charge in [0.25, 0.3) is 0 Å². The zero-order chi connectivity index (χ0) is 11.0. The van der Waals surface area contributed by atoms with E-state index in [0.717, 1.165) is 19.3 Å². The Morgan fingerprint density at radius 2 is 2.00 bits per heavy atom. The highest BCUT2D eigenvalue weighted by Gasteiger charge is 2.31. The van der Waals surface area contributed by atoms with Crippen LogP contribution in [0.2, 0.25) is 0 Å². The van der Waals surface area contributed by atoms with Gasteiger partial charge >= 0.3 is 0 Å². The molecule has 0 spiro atoms. The van der Waals surface area contributed by atoms with Gasteiger partial charge in [-0.05, 0) is 19.3 Å². The third-order valence-corrected chi connectivity index (χ3v) is 3.06. The lowest BCUT2D eigenvalue weighted by molar-refractivity contribution is -0.128. The number of terminal acetylenes is 1. The van der Waals surface area contributed by atoms with Crippen molar-refractivity contribution < 1.29 is 4.79 Å². The number of unbranched alkanes of at least 4 members (excludes halogenated alkanes) is 1. The van der Waals surface area contributed by atoms with Crippen LogP contribution >= 0.6 is 0 Å². The SMILES string of the molecule is C#CCCCC(=O)C(CC)(CC)CN. The minimum absolute atomic E-state index is 0.278. The molecule has 0 amide bonds. The van der Waals surface area contributed by atoms with E-state index in [1.165, 1.54) is 0 Å². The molecule has 0 rings (SSSR count). The number of ketones is 1. The quantitative estimate of drug-likeness (QED) is 0.499. The van der Waals surface area contributed by atoms with E-state index in [-0.39, 0.29) is 11.2 Å². The second-order valence-electron chi connectivity index (χ2n) is 3.67. The van der Waals surface area contributed by atoms with Gasteiger partial charge in [0.05, 0.1) is 0 Å². The molecule has 80 valence electrons. The van der Waals surface area contributed by atoms with Crippen LogP contribution in [0.1, 0.15) is 46.0 Å². The Kier molecular flexibility index (Phi) is 6.23. The van der Waals surface area contributed by atoms with Crippen LogP contribution in [0, 0.1) is 17.8 Å². The minimum atomic E-state index is -0.297. The average molecular weight is 195 g/mol. The highest BCUT2D eigenvalue weighted by atomic mass is 16.1. The Labute approximate surface area is 87.3 Å². The standard InChI is InChI=1S/C12H21NO/c1-4-7-8-9-11(14)12(5-2,6-3)10-13/h1H,5-10,13H2,2-3H3. The van der Waals surface area contributed by atoms with Gasteiger partial charge in [-0.15, -0.1) is 12.3 Å². The van der Waals surface area contributed by atoms with Crippen LogP contribution in [-0.2, 0) is 4.79 Å². The molecule has 0 aliphatic rings. The van der Waals surface area contributed by atoms with Gasteiger partial charge in [-0.3, -0.25) is 4.79 Å². The maximum atomic E-state index is 11.9. The van der Waals surface area contributed by atoms with Crippen molar-refractivity contribution >= 4 is 5.78 Å². The summed E-state index contributed by atoms with van der Waals surface area (Å²) in [7, 11) is 0. The van der Waals surface area contributed by atoms with Gasteiger partial charge in [0.2, 0.25) is 0 Å². The van der Waals surface area contributed by atoms with E-state index >= 15 is 0 Å². The molecule has 0 saturated heterocycles. The lowest BCUT2D eigenvalue weighted by atomic mass is 9.77. The first kappa shape index (κ1) is 13.2. The number of nitrogens with two attached hydrogens (primary N) is 1. The summed E-state index contributed by atoms with van der Waals surface area (Å²) in [5.41, 5.74) is 5.38. The zero-order valence-electron chi connectivity index (χ0n) is 9.31. The molecule has 14 heavy (non-hydrogen) atoms. The van der Waals surface area contributed by atoms with Crippen LogP contribution in [0.4, 0.5) is 0 Å². The molecule has 2 heteroatoms. The second kappa shape index (κ2) is 6.62. The fourth-order valence-electron chi connectivity index (χ4n) is 1.66. The van der Waals surface area contributed by atoms with Crippen LogP contribution < -0.4 is 5.73 Å². The molecular formula is C12H21NO. The molecule has 0 unspecified atom stereocenters. The largest absolute Gasteiger partial charge is 0.329 e. The molecule has 0 aromatic heterocycles. The van der Waals surface area contributed by atoms with Gasteiger partial charge < -0.3 is 5.73 Å². The lowest BCUT2D eigenvalue weighted by Crippen LogP contribution is -2.37. The molecular weight excluding hydrogens is 174 g/mol. The van der Waals surface area contributed by atoms with E-state index in [1.54, 1.807) is 0 Å². The van der Waals surface area contributed by atoms with Gasteiger partial charge in [-0.25, -0.2) is 0 Å². The normalized spacial score (nSPS) is 11.0. The summed E-state index contributed by atoms with van der Waals surface area (Å²) in [6.07, 6.45) is 8.83. The topological polar surface area (TPSA) is 43.1 Å². The third-order valence-electron chi connectivity index (χ3n) is 3.06. The van der Waals surface area contributed by atoms with Gasteiger partial charge in [0, 0.05) is 24.8 Å². The fourth-order valence-corrected chi connectivity index (χ4v) is 1.66. The molecule has 0 aliphatic carbocycles. The highest BCUT2D eigenvalue weighted by molar-refractivity contribution is 5.85. The molecule has 2 nitrogen and oxygen atoms in total. The number of carbonyl (C=O) groups is 1. The van der Waals surface area contributed by atoms with Crippen molar-refractivity contribution in [2.24, 2.45) is 11.1 Å². The number of hydrogen-bond donors (Lipinski definition) is 1. The van der Waals surface area contributed by atoms with E-state index in [9.17, 15) is 4.79 Å². The summed E-state index contributed by atoms with van der Waals surface area (Å²) in [6, 6.07) is 0. The maximum absolute atomic E-state index is 11.9. The van der Waals surface area contributed by atoms with Crippen molar-refractivity contribution in [2.75, 3.05) is 6.54 Å². The van der Waals surface area contributed by atoms with Crippen LogP contribution in [0.25, 0.3) is 0 Å². The van der Waals surface area contributed by atoms with Gasteiger partial charge in [0.1, 0.15) is 5.78 Å². The smallest absolute Gasteiger partial charge is 0.140 e. The second-order valence-corrected chi connectivity index (χ2v) is 3.67. The Morgan fingerprint density at radius 3 is 2.36 bits per heavy atom. The molecule has 0 aromatic rings. The Bertz CT molecular complexity index is 203. The zero-order valence-corrected chi connectivity index (χ0v) is 9.31. The van der Waals surface area contributed by atoms with Crippen LogP contribution in [0.5, 0.6) is 0 Å². The number of hydrogen-bond acceptors (Lipinski definition) is 2. The molecule has 0 atom stereocenters. The van der Waals surface area contributed by atoms with E-state index in [0.29, 0.717) is 19.4 Å². The van der Waals surface area contributed by atoms with Crippen molar-refractivity contribution in [1.29, 1.82) is 0 Å². The minimum Gasteiger partial charge on any atom is -0.329 e. The van der Waals surface area contributed by atoms with Crippen LogP contribution in [-0.4, -0.2) is 12.3 Å². The summed E-state index contributed by atoms with van der Waals surface area (Å²) in [4.78, 5) is 11.9.